The second-order valence-electron chi connectivity index (χ2n) is 1.64. The highest BCUT2D eigenvalue weighted by Crippen LogP contribution is 1.36. The summed E-state index contributed by atoms with van der Waals surface area (Å²) in [4.78, 5) is 15.3. The highest BCUT2D eigenvalue weighted by atomic mass is 16.1. The van der Waals surface area contributed by atoms with Crippen molar-refractivity contribution in [1.29, 1.82) is 0 Å². The normalized spacial score (nSPS) is 12.2. The maximum atomic E-state index is 10.4. The van der Waals surface area contributed by atoms with Crippen molar-refractivity contribution in [2.45, 2.75) is 0 Å². The number of aromatic nitrogens is 2. The lowest BCUT2D eigenvalue weighted by molar-refractivity contribution is 1.17. The Morgan fingerprint density at radius 3 is 2.44 bits per heavy atom. The van der Waals surface area contributed by atoms with Crippen molar-refractivity contribution in [2.24, 2.45) is 5.73 Å². The molecule has 4 nitrogen and oxygen atoms in total. The second kappa shape index (κ2) is 1.81. The van der Waals surface area contributed by atoms with Crippen molar-refractivity contribution in [3.63, 3.8) is 0 Å². The molecule has 0 atom stereocenters. The van der Waals surface area contributed by atoms with Crippen molar-refractivity contribution in [3.05, 3.63) is 21.2 Å². The molecule has 0 aromatic carbocycles. The molecule has 0 saturated carbocycles. The Labute approximate surface area is 50.7 Å². The Kier molecular flexibility index (Phi) is 1.14. The minimum atomic E-state index is -0.281. The molecule has 0 unspecified atom stereocenters. The number of aromatic amines is 2. The summed E-state index contributed by atoms with van der Waals surface area (Å²) in [6.45, 7) is 3.51. The lowest BCUT2D eigenvalue weighted by Gasteiger charge is -1.67. The molecule has 9 heavy (non-hydrogen) atoms. The van der Waals surface area contributed by atoms with E-state index in [2.05, 4.69) is 16.5 Å². The zero-order valence-corrected chi connectivity index (χ0v) is 4.77. The summed E-state index contributed by atoms with van der Waals surface area (Å²) >= 11 is 0. The summed E-state index contributed by atoms with van der Waals surface area (Å²) in [6, 6.07) is 0. The third kappa shape index (κ3) is 0.861. The van der Waals surface area contributed by atoms with Crippen LogP contribution in [0.5, 0.6) is 0 Å². The summed E-state index contributed by atoms with van der Waals surface area (Å²) in [6.07, 6.45) is 1.29. The smallest absolute Gasteiger partial charge is 0.323 e. The van der Waals surface area contributed by atoms with Gasteiger partial charge in [-0.25, -0.2) is 4.79 Å². The molecule has 1 heterocycles. The van der Waals surface area contributed by atoms with Gasteiger partial charge in [-0.3, -0.25) is 0 Å². The van der Waals surface area contributed by atoms with E-state index in [9.17, 15) is 4.79 Å². The molecule has 4 heteroatoms. The van der Waals surface area contributed by atoms with Gasteiger partial charge in [0.15, 0.2) is 0 Å². The van der Waals surface area contributed by atoms with Crippen LogP contribution < -0.4 is 22.1 Å². The molecule has 0 fully saturated rings. The van der Waals surface area contributed by atoms with E-state index in [0.29, 0.717) is 10.7 Å². The number of nitrogens with one attached hydrogen (secondary N) is 2. The first-order chi connectivity index (χ1) is 4.24. The molecule has 0 aliphatic carbocycles. The molecule has 0 radical (unpaired) electrons. The van der Waals surface area contributed by atoms with Crippen LogP contribution in [0.4, 0.5) is 0 Å². The molecule has 0 aliphatic heterocycles. The van der Waals surface area contributed by atoms with Gasteiger partial charge in [0.2, 0.25) is 0 Å². The van der Waals surface area contributed by atoms with Gasteiger partial charge in [-0.15, -0.1) is 0 Å². The van der Waals surface area contributed by atoms with Gasteiger partial charge in [-0.05, 0) is 0 Å². The van der Waals surface area contributed by atoms with E-state index in [0.717, 1.165) is 0 Å². The fourth-order valence-electron chi connectivity index (χ4n) is 0.576. The molecule has 0 bridgehead atoms. The third-order valence-electron chi connectivity index (χ3n) is 1.00. The number of nitrogens with two attached hydrogens (primary N) is 1. The van der Waals surface area contributed by atoms with Crippen LogP contribution in [0, 0.1) is 0 Å². The molecule has 1 rings (SSSR count). The standard InChI is InChI=1S/C5H7N3O/c1-3-4(2-6)8-5(9)7-3/h2H,1,6H2,(H2,7,8,9)/b4-2+. The second-order valence-corrected chi connectivity index (χ2v) is 1.64. The van der Waals surface area contributed by atoms with Crippen LogP contribution in [-0.4, -0.2) is 9.97 Å². The lowest BCUT2D eigenvalue weighted by Crippen LogP contribution is -2.23. The lowest BCUT2D eigenvalue weighted by atomic mass is 10.6. The van der Waals surface area contributed by atoms with Crippen molar-refractivity contribution in [1.82, 2.24) is 9.97 Å². The average molecular weight is 125 g/mol. The molecule has 1 aromatic rings. The molecular weight excluding hydrogens is 118 g/mol. The minimum absolute atomic E-state index is 0.281. The molecule has 4 N–H and O–H groups in total. The molecule has 0 spiro atoms. The van der Waals surface area contributed by atoms with E-state index in [1.165, 1.54) is 6.20 Å². The molecule has 0 amide bonds. The number of hydrogen-bond donors (Lipinski definition) is 3. The Balaban J connectivity index is 3.72. The first-order valence-electron chi connectivity index (χ1n) is 2.43. The van der Waals surface area contributed by atoms with Crippen LogP contribution in [0.3, 0.4) is 0 Å². The van der Waals surface area contributed by atoms with Gasteiger partial charge in [0.1, 0.15) is 0 Å². The SMILES string of the molecule is C=c1[nH]c(=O)[nH]/c1=C/N. The quantitative estimate of drug-likeness (QED) is 0.368. The monoisotopic (exact) mass is 125 g/mol. The van der Waals surface area contributed by atoms with E-state index >= 15 is 0 Å². The largest absolute Gasteiger partial charge is 0.403 e. The van der Waals surface area contributed by atoms with E-state index < -0.39 is 0 Å². The predicted molar refractivity (Wildman–Crippen MR) is 34.8 cm³/mol. The average Bonchev–Trinajstić information content (AvgIpc) is 2.10. The fraction of sp³-hybridized carbons (Fsp3) is 0. The van der Waals surface area contributed by atoms with Crippen molar-refractivity contribution in [3.8, 4) is 0 Å². The number of rotatable bonds is 0. The topological polar surface area (TPSA) is 74.7 Å². The first-order valence-corrected chi connectivity index (χ1v) is 2.43. The Morgan fingerprint density at radius 1 is 1.56 bits per heavy atom. The van der Waals surface area contributed by atoms with Gasteiger partial charge >= 0.3 is 5.69 Å². The molecule has 0 saturated heterocycles. The zero-order valence-electron chi connectivity index (χ0n) is 4.77. The zero-order chi connectivity index (χ0) is 6.85. The summed E-state index contributed by atoms with van der Waals surface area (Å²) in [5.74, 6) is 0. The van der Waals surface area contributed by atoms with Crippen LogP contribution in [0.2, 0.25) is 0 Å². The van der Waals surface area contributed by atoms with Gasteiger partial charge in [0.25, 0.3) is 0 Å². The Bertz CT molecular complexity index is 345. The molecular formula is C5H7N3O. The van der Waals surface area contributed by atoms with Crippen LogP contribution in [0.15, 0.2) is 4.79 Å². The summed E-state index contributed by atoms with van der Waals surface area (Å²) in [5.41, 5.74) is 4.83. The van der Waals surface area contributed by atoms with Crippen LogP contribution in [-0.2, 0) is 0 Å². The van der Waals surface area contributed by atoms with Crippen LogP contribution in [0.1, 0.15) is 0 Å². The molecule has 1 aromatic heterocycles. The van der Waals surface area contributed by atoms with E-state index in [-0.39, 0.29) is 5.69 Å². The number of H-pyrrole nitrogens is 2. The minimum Gasteiger partial charge on any atom is -0.403 e. The fourth-order valence-corrected chi connectivity index (χ4v) is 0.576. The highest BCUT2D eigenvalue weighted by Gasteiger charge is 1.83. The van der Waals surface area contributed by atoms with E-state index in [1.54, 1.807) is 0 Å². The Morgan fingerprint density at radius 2 is 2.22 bits per heavy atom. The van der Waals surface area contributed by atoms with Crippen molar-refractivity contribution in [2.75, 3.05) is 0 Å². The maximum Gasteiger partial charge on any atom is 0.323 e. The van der Waals surface area contributed by atoms with Crippen LogP contribution in [0.25, 0.3) is 12.8 Å². The van der Waals surface area contributed by atoms with Crippen molar-refractivity contribution >= 4 is 12.8 Å². The van der Waals surface area contributed by atoms with Crippen molar-refractivity contribution < 1.29 is 0 Å². The maximum absolute atomic E-state index is 10.4. The van der Waals surface area contributed by atoms with Gasteiger partial charge in [-0.2, -0.15) is 0 Å². The summed E-state index contributed by atoms with van der Waals surface area (Å²) in [7, 11) is 0. The summed E-state index contributed by atoms with van der Waals surface area (Å²) < 4.78 is 0. The first kappa shape index (κ1) is 5.68. The third-order valence-corrected chi connectivity index (χ3v) is 1.00. The Hall–Kier alpha value is -1.45. The van der Waals surface area contributed by atoms with Gasteiger partial charge in [0, 0.05) is 6.20 Å². The van der Waals surface area contributed by atoms with E-state index in [1.807, 2.05) is 0 Å². The van der Waals surface area contributed by atoms with Crippen LogP contribution >= 0.6 is 0 Å². The predicted octanol–water partition coefficient (Wildman–Crippen LogP) is -2.19. The van der Waals surface area contributed by atoms with Gasteiger partial charge < -0.3 is 15.7 Å². The number of imidazole rings is 1. The highest BCUT2D eigenvalue weighted by molar-refractivity contribution is 5.13. The number of hydrogen-bond acceptors (Lipinski definition) is 2. The van der Waals surface area contributed by atoms with Gasteiger partial charge in [0.05, 0.1) is 10.7 Å². The molecule has 0 aliphatic rings. The molecule has 48 valence electrons. The summed E-state index contributed by atoms with van der Waals surface area (Å²) in [5, 5.41) is 1.06. The van der Waals surface area contributed by atoms with Gasteiger partial charge in [-0.1, -0.05) is 6.58 Å². The van der Waals surface area contributed by atoms with E-state index in [4.69, 9.17) is 5.73 Å².